The minimum Gasteiger partial charge on any atom is -0.276 e. The van der Waals surface area contributed by atoms with E-state index < -0.39 is 97.4 Å². The third kappa shape index (κ3) is 20.9. The molecule has 0 heterocycles. The molecule has 0 saturated heterocycles. The fraction of sp³-hybridized carbons (Fsp3) is 0.255. The standard InChI is InChI=1S/9C10H11O.C8H4Cl2O2.C8H4O2.K.3Sn/c9*1-7-4-8(2)10(6-11)9(3)5-7;9-7(11)5-1-2-6(4-3-5)8(10)12;9-5-7-1-2-8(6-10)4-3-7;;;;/h9*4-5H,1-3H3;1-4H;1-4H;;;;/q;;;;;;;;;;;+1;;;-1. The van der Waals surface area contributed by atoms with Gasteiger partial charge in [0.05, 0.1) is 0 Å². The van der Waals surface area contributed by atoms with Gasteiger partial charge in [0, 0.05) is 11.1 Å². The molecule has 0 aliphatic carbocycles. The molecule has 0 atom stereocenters. The second-order valence-electron chi connectivity index (χ2n) is 34.2. The molecule has 19 heteroatoms. The van der Waals surface area contributed by atoms with Crippen LogP contribution in [0.4, 0.5) is 0 Å². The van der Waals surface area contributed by atoms with E-state index in [0.717, 1.165) is 83.5 Å². The quantitative estimate of drug-likeness (QED) is 0.0406. The zero-order valence-corrected chi connectivity index (χ0v) is 90.3. The van der Waals surface area contributed by atoms with Crippen molar-refractivity contribution >= 4 is 132 Å². The maximum absolute atomic E-state index is 16.4. The van der Waals surface area contributed by atoms with Gasteiger partial charge >= 0.3 is 734 Å². The minimum absolute atomic E-state index is 0. The number of hydrogen-bond acceptors (Lipinski definition) is 13. The molecule has 11 aromatic carbocycles. The molecule has 0 bridgehead atoms. The molecule has 0 fully saturated rings. The number of aryl methyl sites for hydroxylation is 27. The van der Waals surface area contributed by atoms with Crippen molar-refractivity contribution in [3.63, 3.8) is 0 Å². The van der Waals surface area contributed by atoms with E-state index in [1.165, 1.54) is 48.5 Å². The van der Waals surface area contributed by atoms with Crippen molar-refractivity contribution in [2.75, 3.05) is 0 Å². The summed E-state index contributed by atoms with van der Waals surface area (Å²) in [6.45, 7) is 49.6. The molecule has 13 nitrogen and oxygen atoms in total. The number of benzene rings is 11. The molecule has 0 aliphatic rings. The Labute approximate surface area is 803 Å². The van der Waals surface area contributed by atoms with Crippen molar-refractivity contribution in [1.82, 2.24) is 0 Å². The van der Waals surface area contributed by atoms with Crippen LogP contribution in [0.15, 0.2) is 158 Å². The smallest absolute Gasteiger partial charge is 0.276 e. The Morgan fingerprint density at radius 3 is 0.416 bits per heavy atom. The molecule has 0 spiro atoms. The van der Waals surface area contributed by atoms with Gasteiger partial charge in [-0.15, -0.1) is 0 Å². The summed E-state index contributed by atoms with van der Waals surface area (Å²) >= 11 is -7.33. The fourth-order valence-electron chi connectivity index (χ4n) is 18.8. The summed E-state index contributed by atoms with van der Waals surface area (Å²) in [5.74, 6) is 0. The van der Waals surface area contributed by atoms with E-state index in [2.05, 4.69) is 0 Å². The monoisotopic (exact) mass is 2060 g/mol. The summed E-state index contributed by atoms with van der Waals surface area (Å²) in [5, 5.41) is -1.10. The first-order valence-corrected chi connectivity index (χ1v) is 57.5. The second kappa shape index (κ2) is 41.4. The summed E-state index contributed by atoms with van der Waals surface area (Å²) in [4.78, 5) is 194. The van der Waals surface area contributed by atoms with Crippen LogP contribution in [0.3, 0.4) is 0 Å². The van der Waals surface area contributed by atoms with Crippen LogP contribution in [0.1, 0.15) is 285 Å². The van der Waals surface area contributed by atoms with Crippen LogP contribution in [0, 0.1) is 187 Å². The number of halogens is 2. The number of carbonyl (C=O) groups is 13. The molecule has 0 saturated carbocycles. The third-order valence-corrected chi connectivity index (χ3v) is 51.2. The molecular weight excluding hydrogens is 1950 g/mol. The Balaban J connectivity index is 0.000000336. The maximum atomic E-state index is 16.4. The molecule has 0 radical (unpaired) electrons. The van der Waals surface area contributed by atoms with E-state index in [9.17, 15) is 24.0 Å². The van der Waals surface area contributed by atoms with E-state index in [1.54, 1.807) is 83.1 Å². The van der Waals surface area contributed by atoms with Gasteiger partial charge in [-0.05, 0) is 47.5 Å². The van der Waals surface area contributed by atoms with Gasteiger partial charge in [-0.2, -0.15) is 0 Å². The van der Waals surface area contributed by atoms with E-state index in [4.69, 9.17) is 23.2 Å². The zero-order valence-electron chi connectivity index (χ0n) is 77.1. The van der Waals surface area contributed by atoms with Gasteiger partial charge in [-0.1, -0.05) is 0 Å². The Bertz CT molecular complexity index is 5450. The first-order valence-electron chi connectivity index (χ1n) is 41.1. The number of carbonyl (C=O) groups excluding carboxylic acids is 13. The normalized spacial score (nSPS) is 11.1. The molecule has 0 aliphatic heterocycles. The van der Waals surface area contributed by atoms with Crippen LogP contribution >= 0.6 is 23.2 Å². The zero-order chi connectivity index (χ0) is 92.6. The Kier molecular flexibility index (Phi) is 33.9. The van der Waals surface area contributed by atoms with Gasteiger partial charge in [0.25, 0.3) is 10.5 Å². The van der Waals surface area contributed by atoms with Crippen molar-refractivity contribution < 1.29 is 114 Å². The molecule has 636 valence electrons. The Morgan fingerprint density at radius 2 is 0.296 bits per heavy atom. The summed E-state index contributed by atoms with van der Waals surface area (Å²) < 4.78 is -7.23. The molecule has 0 aromatic heterocycles. The molecule has 11 rings (SSSR count). The summed E-state index contributed by atoms with van der Waals surface area (Å²) in [6, 6.07) is 44.5. The van der Waals surface area contributed by atoms with E-state index in [-0.39, 0.29) is 107 Å². The van der Waals surface area contributed by atoms with Crippen LogP contribution in [-0.2, 0) is 0 Å². The molecule has 125 heavy (non-hydrogen) atoms. The van der Waals surface area contributed by atoms with Crippen LogP contribution in [0.25, 0.3) is 0 Å². The topological polar surface area (TPSA) is 222 Å². The van der Waals surface area contributed by atoms with Crippen LogP contribution in [0.5, 0.6) is 0 Å². The van der Waals surface area contributed by atoms with Gasteiger partial charge in [0.15, 0.2) is 0 Å². The number of rotatable bonds is 24. The van der Waals surface area contributed by atoms with Crippen LogP contribution in [0.2, 0.25) is 0 Å². The van der Waals surface area contributed by atoms with E-state index in [1.807, 2.05) is 213 Å². The largest absolute Gasteiger partial charge is 1.00 e. The van der Waals surface area contributed by atoms with Gasteiger partial charge in [0.1, 0.15) is 0 Å². The average molecular weight is 2060 g/mol. The average Bonchev–Trinajstić information content (AvgIpc) is 0.715. The molecule has 11 aromatic rings. The number of hydrogen-bond donors (Lipinski definition) is 0. The first kappa shape index (κ1) is 102. The Morgan fingerprint density at radius 1 is 0.184 bits per heavy atom. The van der Waals surface area contributed by atoms with Crippen molar-refractivity contribution in [2.45, 2.75) is 187 Å². The SMILES string of the molecule is Cc1cc(C)c([C](=O)[Sn-]([C](=O)c2c(C)cc(C)cc2C)[C](=O)c2c(C)cc(C)cc2C)c(C)c1.Cc1cc(C)c([C](=O)[Sn]([C](=O)c2ccc([C](=O)[Sn]([C](=O)c3c(C)cc(C)cc3C)([C](=O)c3c(C)cc(C)cc3C)[C](=O)c3c(C)cc(C)cc3C)cc2)([C](=O)c2c(C)cc(C)cc2C)[C](=O)c2c(C)cc(C)cc2C)c(C)c1.O=C(Cl)c1ccc(C(=O)Cl)cc1.[K+]. The first-order chi connectivity index (χ1) is 57.9. The molecule has 0 unspecified atom stereocenters. The van der Waals surface area contributed by atoms with E-state index >= 15 is 38.4 Å². The van der Waals surface area contributed by atoms with Gasteiger partial charge in [0.2, 0.25) is 0 Å². The maximum Gasteiger partial charge on any atom is 1.00 e. The molecule has 0 N–H and O–H groups in total. The summed E-state index contributed by atoms with van der Waals surface area (Å²) in [6.07, 6.45) is 0. The second-order valence-corrected chi connectivity index (χ2v) is 59.8. The van der Waals surface area contributed by atoms with Gasteiger partial charge in [-0.3, -0.25) is 9.59 Å². The van der Waals surface area contributed by atoms with Gasteiger partial charge in [-0.25, -0.2) is 0 Å². The van der Waals surface area contributed by atoms with E-state index in [0.29, 0.717) is 94.6 Å². The predicted octanol–water partition coefficient (Wildman–Crippen LogP) is 20.1. The van der Waals surface area contributed by atoms with Crippen molar-refractivity contribution in [1.29, 1.82) is 0 Å². The molecule has 0 amide bonds. The van der Waals surface area contributed by atoms with Crippen molar-refractivity contribution in [3.05, 3.63) is 380 Å². The predicted molar refractivity (Wildman–Crippen MR) is 504 cm³/mol. The summed E-state index contributed by atoms with van der Waals surface area (Å²) in [7, 11) is 0. The molecular formula is C106H107Cl2KO13Sn3. The van der Waals surface area contributed by atoms with Crippen LogP contribution in [-0.4, -0.2) is 109 Å². The minimum atomic E-state index is -6.78. The van der Waals surface area contributed by atoms with Crippen molar-refractivity contribution in [3.8, 4) is 0 Å². The summed E-state index contributed by atoms with van der Waals surface area (Å²) in [5.41, 5.74) is 22.3. The fourth-order valence-corrected chi connectivity index (χ4v) is 50.0. The van der Waals surface area contributed by atoms with Crippen LogP contribution < -0.4 is 51.4 Å². The Hall–Kier alpha value is -8.26. The van der Waals surface area contributed by atoms with Crippen molar-refractivity contribution in [2.24, 2.45) is 0 Å². The third-order valence-electron chi connectivity index (χ3n) is 23.3. The van der Waals surface area contributed by atoms with Gasteiger partial charge < -0.3 is 0 Å².